The molecule has 74 valence electrons. The quantitative estimate of drug-likeness (QED) is 0.789. The van der Waals surface area contributed by atoms with Gasteiger partial charge < -0.3 is 5.11 Å². The summed E-state index contributed by atoms with van der Waals surface area (Å²) in [6, 6.07) is 5.33. The number of phenols is 1. The third-order valence-corrected chi connectivity index (χ3v) is 2.16. The van der Waals surface area contributed by atoms with E-state index < -0.39 is 0 Å². The summed E-state index contributed by atoms with van der Waals surface area (Å²) in [6.07, 6.45) is 1.79. The lowest BCUT2D eigenvalue weighted by atomic mass is 10.2. The zero-order valence-corrected chi connectivity index (χ0v) is 8.44. The first-order valence-electron chi connectivity index (χ1n) is 4.81. The van der Waals surface area contributed by atoms with Crippen molar-refractivity contribution in [1.29, 1.82) is 0 Å². The van der Waals surface area contributed by atoms with Crippen LogP contribution >= 0.6 is 0 Å². The number of benzene rings is 1. The van der Waals surface area contributed by atoms with Crippen LogP contribution in [0.15, 0.2) is 24.4 Å². The highest BCUT2D eigenvalue weighted by atomic mass is 16.3. The molecule has 0 spiro atoms. The second-order valence-corrected chi connectivity index (χ2v) is 3.96. The van der Waals surface area contributed by atoms with Gasteiger partial charge in [-0.3, -0.25) is 4.68 Å². The van der Waals surface area contributed by atoms with Crippen LogP contribution in [0.5, 0.6) is 5.75 Å². The Hall–Kier alpha value is -1.51. The molecule has 0 aliphatic rings. The number of aromatic hydroxyl groups is 1. The summed E-state index contributed by atoms with van der Waals surface area (Å²) in [5.41, 5.74) is 1.08. The van der Waals surface area contributed by atoms with Crippen LogP contribution in [0.3, 0.4) is 0 Å². The van der Waals surface area contributed by atoms with E-state index in [1.165, 1.54) is 0 Å². The van der Waals surface area contributed by atoms with Crippen LogP contribution in [0.1, 0.15) is 13.8 Å². The molecular formula is C11H14N2O. The molecule has 0 saturated carbocycles. The zero-order valence-electron chi connectivity index (χ0n) is 8.44. The summed E-state index contributed by atoms with van der Waals surface area (Å²) in [5, 5.41) is 14.6. The zero-order chi connectivity index (χ0) is 10.1. The predicted octanol–water partition coefficient (Wildman–Crippen LogP) is 2.40. The van der Waals surface area contributed by atoms with Crippen LogP contribution in [0, 0.1) is 5.92 Å². The Balaban J connectivity index is 2.47. The van der Waals surface area contributed by atoms with E-state index in [9.17, 15) is 5.11 Å². The van der Waals surface area contributed by atoms with Crippen molar-refractivity contribution in [1.82, 2.24) is 9.78 Å². The fourth-order valence-electron chi connectivity index (χ4n) is 1.57. The summed E-state index contributed by atoms with van der Waals surface area (Å²) in [6.45, 7) is 5.23. The minimum atomic E-state index is 0.293. The number of hydrogen-bond donors (Lipinski definition) is 1. The van der Waals surface area contributed by atoms with Crippen molar-refractivity contribution >= 4 is 10.9 Å². The van der Waals surface area contributed by atoms with E-state index in [0.717, 1.165) is 17.4 Å². The van der Waals surface area contributed by atoms with Crippen molar-refractivity contribution in [2.75, 3.05) is 0 Å². The van der Waals surface area contributed by atoms with E-state index >= 15 is 0 Å². The number of rotatable bonds is 2. The maximum Gasteiger partial charge on any atom is 0.116 e. The van der Waals surface area contributed by atoms with Gasteiger partial charge >= 0.3 is 0 Å². The Morgan fingerprint density at radius 2 is 2.21 bits per heavy atom. The summed E-state index contributed by atoms with van der Waals surface area (Å²) in [4.78, 5) is 0. The lowest BCUT2D eigenvalue weighted by molar-refractivity contribution is 0.476. The molecule has 1 aromatic carbocycles. The molecule has 0 aliphatic heterocycles. The fourth-order valence-corrected chi connectivity index (χ4v) is 1.57. The molecule has 3 nitrogen and oxygen atoms in total. The van der Waals surface area contributed by atoms with Crippen LogP contribution in [-0.4, -0.2) is 14.9 Å². The maximum atomic E-state index is 9.28. The molecule has 2 rings (SSSR count). The molecule has 2 aromatic rings. The summed E-state index contributed by atoms with van der Waals surface area (Å²) in [5.74, 6) is 0.869. The minimum Gasteiger partial charge on any atom is -0.508 e. The standard InChI is InChI=1S/C11H14N2O/c1-8(2)7-13-11-4-3-10(14)5-9(11)6-12-13/h3-6,8,14H,7H2,1-2H3. The third kappa shape index (κ3) is 1.58. The van der Waals surface area contributed by atoms with Crippen LogP contribution in [0.4, 0.5) is 0 Å². The molecule has 0 radical (unpaired) electrons. The third-order valence-electron chi connectivity index (χ3n) is 2.16. The molecule has 0 unspecified atom stereocenters. The molecular weight excluding hydrogens is 176 g/mol. The van der Waals surface area contributed by atoms with E-state index in [0.29, 0.717) is 11.7 Å². The Labute approximate surface area is 83.0 Å². The topological polar surface area (TPSA) is 38.0 Å². The van der Waals surface area contributed by atoms with Gasteiger partial charge in [0, 0.05) is 11.9 Å². The smallest absolute Gasteiger partial charge is 0.116 e. The van der Waals surface area contributed by atoms with Gasteiger partial charge in [-0.25, -0.2) is 0 Å². The highest BCUT2D eigenvalue weighted by Crippen LogP contribution is 2.19. The largest absolute Gasteiger partial charge is 0.508 e. The van der Waals surface area contributed by atoms with Crippen molar-refractivity contribution in [3.05, 3.63) is 24.4 Å². The summed E-state index contributed by atoms with van der Waals surface area (Å²) < 4.78 is 1.97. The SMILES string of the molecule is CC(C)Cn1ncc2cc(O)ccc21. The van der Waals surface area contributed by atoms with E-state index in [1.54, 1.807) is 18.3 Å². The van der Waals surface area contributed by atoms with Gasteiger partial charge in [-0.2, -0.15) is 5.10 Å². The van der Waals surface area contributed by atoms with Crippen molar-refractivity contribution in [3.8, 4) is 5.75 Å². The highest BCUT2D eigenvalue weighted by molar-refractivity contribution is 5.80. The van der Waals surface area contributed by atoms with Crippen molar-refractivity contribution in [2.24, 2.45) is 5.92 Å². The van der Waals surface area contributed by atoms with Gasteiger partial charge in [0.25, 0.3) is 0 Å². The number of aromatic nitrogens is 2. The molecule has 1 heterocycles. The monoisotopic (exact) mass is 190 g/mol. The molecule has 0 bridgehead atoms. The molecule has 0 atom stereocenters. The van der Waals surface area contributed by atoms with Crippen LogP contribution in [0.25, 0.3) is 10.9 Å². The van der Waals surface area contributed by atoms with Gasteiger partial charge in [0.2, 0.25) is 0 Å². The Morgan fingerprint density at radius 1 is 1.43 bits per heavy atom. The second kappa shape index (κ2) is 3.33. The first kappa shape index (κ1) is 9.06. The number of fused-ring (bicyclic) bond motifs is 1. The Kier molecular flexibility index (Phi) is 2.15. The molecule has 1 N–H and O–H groups in total. The second-order valence-electron chi connectivity index (χ2n) is 3.96. The lowest BCUT2D eigenvalue weighted by Crippen LogP contribution is -2.05. The minimum absolute atomic E-state index is 0.293. The normalized spacial score (nSPS) is 11.4. The van der Waals surface area contributed by atoms with Crippen LogP contribution in [0.2, 0.25) is 0 Å². The molecule has 0 saturated heterocycles. The highest BCUT2D eigenvalue weighted by Gasteiger charge is 2.04. The van der Waals surface area contributed by atoms with E-state index in [2.05, 4.69) is 18.9 Å². The number of nitrogens with zero attached hydrogens (tertiary/aromatic N) is 2. The van der Waals surface area contributed by atoms with Gasteiger partial charge in [0.15, 0.2) is 0 Å². The first-order chi connectivity index (χ1) is 6.66. The predicted molar refractivity (Wildman–Crippen MR) is 56.2 cm³/mol. The van der Waals surface area contributed by atoms with E-state index in [-0.39, 0.29) is 0 Å². The molecule has 0 aliphatic carbocycles. The van der Waals surface area contributed by atoms with E-state index in [1.807, 2.05) is 10.7 Å². The Bertz CT molecular complexity index is 445. The molecule has 14 heavy (non-hydrogen) atoms. The van der Waals surface area contributed by atoms with Gasteiger partial charge in [0.05, 0.1) is 11.7 Å². The molecule has 0 amide bonds. The lowest BCUT2D eigenvalue weighted by Gasteiger charge is -2.05. The maximum absolute atomic E-state index is 9.28. The van der Waals surface area contributed by atoms with Gasteiger partial charge in [0.1, 0.15) is 5.75 Å². The van der Waals surface area contributed by atoms with Crippen molar-refractivity contribution in [2.45, 2.75) is 20.4 Å². The average Bonchev–Trinajstić information content (AvgIpc) is 2.47. The van der Waals surface area contributed by atoms with Crippen molar-refractivity contribution in [3.63, 3.8) is 0 Å². The number of hydrogen-bond acceptors (Lipinski definition) is 2. The van der Waals surface area contributed by atoms with E-state index in [4.69, 9.17) is 0 Å². The molecule has 1 aromatic heterocycles. The molecule has 3 heteroatoms. The van der Waals surface area contributed by atoms with Gasteiger partial charge in [-0.1, -0.05) is 13.8 Å². The number of phenolic OH excluding ortho intramolecular Hbond substituents is 1. The summed E-state index contributed by atoms with van der Waals surface area (Å²) >= 11 is 0. The Morgan fingerprint density at radius 3 is 2.93 bits per heavy atom. The van der Waals surface area contributed by atoms with Crippen LogP contribution in [-0.2, 0) is 6.54 Å². The van der Waals surface area contributed by atoms with Gasteiger partial charge in [-0.15, -0.1) is 0 Å². The van der Waals surface area contributed by atoms with Gasteiger partial charge in [-0.05, 0) is 24.1 Å². The fraction of sp³-hybridized carbons (Fsp3) is 0.364. The first-order valence-corrected chi connectivity index (χ1v) is 4.81. The van der Waals surface area contributed by atoms with Crippen LogP contribution < -0.4 is 0 Å². The summed E-state index contributed by atoms with van der Waals surface area (Å²) in [7, 11) is 0. The van der Waals surface area contributed by atoms with Crippen molar-refractivity contribution < 1.29 is 5.11 Å². The average molecular weight is 190 g/mol. The molecule has 0 fully saturated rings.